The van der Waals surface area contributed by atoms with Crippen molar-refractivity contribution in [1.29, 1.82) is 0 Å². The highest BCUT2D eigenvalue weighted by atomic mass is 32.2. The maximum Gasteiger partial charge on any atom is 0.220 e. The van der Waals surface area contributed by atoms with Gasteiger partial charge in [0.15, 0.2) is 9.84 Å². The van der Waals surface area contributed by atoms with Crippen molar-refractivity contribution in [3.05, 3.63) is 54.1 Å². The Morgan fingerprint density at radius 2 is 1.73 bits per heavy atom. The van der Waals surface area contributed by atoms with Crippen molar-refractivity contribution in [2.75, 3.05) is 44.1 Å². The molecule has 1 N–H and O–H groups in total. The summed E-state index contributed by atoms with van der Waals surface area (Å²) in [6.07, 6.45) is 2.11. The molecule has 7 nitrogen and oxygen atoms in total. The maximum absolute atomic E-state index is 12.0. The molecule has 0 aliphatic carbocycles. The summed E-state index contributed by atoms with van der Waals surface area (Å²) in [7, 11) is -3.21. The van der Waals surface area contributed by atoms with Gasteiger partial charge in [-0.3, -0.25) is 4.79 Å². The maximum atomic E-state index is 12.0. The number of nitrogens with zero attached hydrogens (tertiary/aromatic N) is 1. The fraction of sp³-hybridized carbons (Fsp3) is 0.409. The van der Waals surface area contributed by atoms with E-state index in [0.717, 1.165) is 31.9 Å². The first-order valence-electron chi connectivity index (χ1n) is 10.0. The molecule has 1 amide bonds. The number of morpholine rings is 1. The second-order valence-electron chi connectivity index (χ2n) is 7.24. The lowest BCUT2D eigenvalue weighted by molar-refractivity contribution is -0.121. The van der Waals surface area contributed by atoms with Gasteiger partial charge in [0.05, 0.1) is 24.7 Å². The van der Waals surface area contributed by atoms with Gasteiger partial charge in [-0.15, -0.1) is 0 Å². The number of amides is 1. The lowest BCUT2D eigenvalue weighted by Crippen LogP contribution is -2.36. The predicted molar refractivity (Wildman–Crippen MR) is 116 cm³/mol. The smallest absolute Gasteiger partial charge is 0.220 e. The Morgan fingerprint density at radius 3 is 2.37 bits per heavy atom. The van der Waals surface area contributed by atoms with Crippen LogP contribution in [0.15, 0.2) is 53.4 Å². The zero-order valence-corrected chi connectivity index (χ0v) is 18.0. The summed E-state index contributed by atoms with van der Waals surface area (Å²) in [4.78, 5) is 14.6. The molecule has 0 bridgehead atoms. The highest BCUT2D eigenvalue weighted by Crippen LogP contribution is 2.17. The van der Waals surface area contributed by atoms with Gasteiger partial charge in [0.2, 0.25) is 5.91 Å². The van der Waals surface area contributed by atoms with Crippen LogP contribution in [0.4, 0.5) is 5.69 Å². The first-order valence-corrected chi connectivity index (χ1v) is 11.9. The summed E-state index contributed by atoms with van der Waals surface area (Å²) in [6, 6.07) is 14.5. The standard InChI is InChI=1S/C22H28N2O5S/c1-30(26,27)21-10-8-20(9-11-21)29-14-2-3-22(25)23-17-18-4-6-19(7-5-18)24-12-15-28-16-13-24/h4-11H,2-3,12-17H2,1H3,(H,23,25). The van der Waals surface area contributed by atoms with E-state index >= 15 is 0 Å². The lowest BCUT2D eigenvalue weighted by atomic mass is 10.2. The van der Waals surface area contributed by atoms with Crippen LogP contribution < -0.4 is 15.0 Å². The summed E-state index contributed by atoms with van der Waals surface area (Å²) < 4.78 is 33.8. The van der Waals surface area contributed by atoms with E-state index in [2.05, 4.69) is 22.3 Å². The summed E-state index contributed by atoms with van der Waals surface area (Å²) in [5.41, 5.74) is 2.23. The van der Waals surface area contributed by atoms with Crippen molar-refractivity contribution in [3.63, 3.8) is 0 Å². The summed E-state index contributed by atoms with van der Waals surface area (Å²) in [6.45, 7) is 4.21. The van der Waals surface area contributed by atoms with Crippen LogP contribution in [-0.2, 0) is 25.9 Å². The average Bonchev–Trinajstić information content (AvgIpc) is 2.76. The van der Waals surface area contributed by atoms with Crippen molar-refractivity contribution in [3.8, 4) is 5.75 Å². The van der Waals surface area contributed by atoms with Gasteiger partial charge in [-0.1, -0.05) is 12.1 Å². The van der Waals surface area contributed by atoms with E-state index in [1.807, 2.05) is 12.1 Å². The van der Waals surface area contributed by atoms with Gasteiger partial charge in [0, 0.05) is 38.0 Å². The topological polar surface area (TPSA) is 84.9 Å². The monoisotopic (exact) mass is 432 g/mol. The second kappa shape index (κ2) is 10.4. The SMILES string of the molecule is CS(=O)(=O)c1ccc(OCCCC(=O)NCc2ccc(N3CCOCC3)cc2)cc1. The fourth-order valence-corrected chi connectivity index (χ4v) is 3.77. The minimum atomic E-state index is -3.21. The molecular weight excluding hydrogens is 404 g/mol. The van der Waals surface area contributed by atoms with E-state index < -0.39 is 9.84 Å². The molecule has 8 heteroatoms. The minimum absolute atomic E-state index is 0.0247. The number of sulfone groups is 1. The van der Waals surface area contributed by atoms with E-state index in [0.29, 0.717) is 31.7 Å². The molecule has 0 saturated carbocycles. The zero-order chi connectivity index (χ0) is 21.4. The van der Waals surface area contributed by atoms with Crippen molar-refractivity contribution < 1.29 is 22.7 Å². The number of carbonyl (C=O) groups excluding carboxylic acids is 1. The van der Waals surface area contributed by atoms with Gasteiger partial charge in [0.25, 0.3) is 0 Å². The summed E-state index contributed by atoms with van der Waals surface area (Å²) in [5, 5.41) is 2.93. The largest absolute Gasteiger partial charge is 0.494 e. The van der Waals surface area contributed by atoms with Crippen LogP contribution in [0.2, 0.25) is 0 Å². The molecule has 3 rings (SSSR count). The molecule has 1 fully saturated rings. The van der Waals surface area contributed by atoms with Crippen molar-refractivity contribution in [1.82, 2.24) is 5.32 Å². The number of anilines is 1. The van der Waals surface area contributed by atoms with Gasteiger partial charge < -0.3 is 19.7 Å². The Labute approximate surface area is 177 Å². The normalized spacial score (nSPS) is 14.4. The van der Waals surface area contributed by atoms with Crippen molar-refractivity contribution in [2.45, 2.75) is 24.3 Å². The molecular formula is C22H28N2O5S. The van der Waals surface area contributed by atoms with Crippen LogP contribution in [0.25, 0.3) is 0 Å². The number of benzene rings is 2. The van der Waals surface area contributed by atoms with Gasteiger partial charge >= 0.3 is 0 Å². The molecule has 2 aromatic carbocycles. The first-order chi connectivity index (χ1) is 14.4. The first kappa shape index (κ1) is 22.1. The van der Waals surface area contributed by atoms with E-state index in [1.165, 1.54) is 24.1 Å². The number of rotatable bonds is 9. The summed E-state index contributed by atoms with van der Waals surface area (Å²) >= 11 is 0. The van der Waals surface area contributed by atoms with Crippen LogP contribution in [0.5, 0.6) is 5.75 Å². The number of nitrogens with one attached hydrogen (secondary N) is 1. The molecule has 0 unspecified atom stereocenters. The fourth-order valence-electron chi connectivity index (χ4n) is 3.14. The average molecular weight is 433 g/mol. The third kappa shape index (κ3) is 6.74. The van der Waals surface area contributed by atoms with Gasteiger partial charge in [-0.05, 0) is 48.4 Å². The van der Waals surface area contributed by atoms with Gasteiger partial charge in [-0.25, -0.2) is 8.42 Å². The molecule has 0 aromatic heterocycles. The number of ether oxygens (including phenoxy) is 2. The molecule has 0 spiro atoms. The van der Waals surface area contributed by atoms with E-state index in [1.54, 1.807) is 12.1 Å². The molecule has 1 aliphatic rings. The Bertz CT molecular complexity index is 921. The van der Waals surface area contributed by atoms with Crippen molar-refractivity contribution >= 4 is 21.4 Å². The third-order valence-electron chi connectivity index (χ3n) is 4.87. The van der Waals surface area contributed by atoms with Crippen LogP contribution >= 0.6 is 0 Å². The number of carbonyl (C=O) groups is 1. The Balaban J connectivity index is 1.34. The van der Waals surface area contributed by atoms with Crippen LogP contribution in [0, 0.1) is 0 Å². The Hall–Kier alpha value is -2.58. The molecule has 1 aliphatic heterocycles. The molecule has 0 radical (unpaired) electrons. The second-order valence-corrected chi connectivity index (χ2v) is 9.25. The quantitative estimate of drug-likeness (QED) is 0.613. The molecule has 0 atom stereocenters. The van der Waals surface area contributed by atoms with Gasteiger partial charge in [0.1, 0.15) is 5.75 Å². The van der Waals surface area contributed by atoms with Gasteiger partial charge in [-0.2, -0.15) is 0 Å². The van der Waals surface area contributed by atoms with Crippen LogP contribution in [0.3, 0.4) is 0 Å². The molecule has 1 saturated heterocycles. The highest BCUT2D eigenvalue weighted by molar-refractivity contribution is 7.90. The van der Waals surface area contributed by atoms with E-state index in [9.17, 15) is 13.2 Å². The Kier molecular flexibility index (Phi) is 7.70. The zero-order valence-electron chi connectivity index (χ0n) is 17.2. The Morgan fingerprint density at radius 1 is 1.07 bits per heavy atom. The van der Waals surface area contributed by atoms with Crippen LogP contribution in [-0.4, -0.2) is 53.5 Å². The number of hydrogen-bond acceptors (Lipinski definition) is 6. The highest BCUT2D eigenvalue weighted by Gasteiger charge is 2.11. The van der Waals surface area contributed by atoms with E-state index in [4.69, 9.17) is 9.47 Å². The predicted octanol–water partition coefficient (Wildman–Crippen LogP) is 2.40. The number of hydrogen-bond donors (Lipinski definition) is 1. The summed E-state index contributed by atoms with van der Waals surface area (Å²) in [5.74, 6) is 0.562. The molecule has 162 valence electrons. The van der Waals surface area contributed by atoms with Crippen LogP contribution in [0.1, 0.15) is 18.4 Å². The molecule has 1 heterocycles. The minimum Gasteiger partial charge on any atom is -0.494 e. The third-order valence-corrected chi connectivity index (χ3v) is 6.00. The molecule has 30 heavy (non-hydrogen) atoms. The molecule has 2 aromatic rings. The van der Waals surface area contributed by atoms with Crippen molar-refractivity contribution in [2.24, 2.45) is 0 Å². The lowest BCUT2D eigenvalue weighted by Gasteiger charge is -2.28. The van der Waals surface area contributed by atoms with E-state index in [-0.39, 0.29) is 10.8 Å².